The van der Waals surface area contributed by atoms with E-state index in [2.05, 4.69) is 20.3 Å². The molecule has 0 aliphatic heterocycles. The molecule has 17 heavy (non-hydrogen) atoms. The molecule has 1 heterocycles. The maximum absolute atomic E-state index is 11.7. The van der Waals surface area contributed by atoms with Crippen LogP contribution in [0.25, 0.3) is 0 Å². The molecule has 1 rings (SSSR count). The monoisotopic (exact) mass is 276 g/mol. The summed E-state index contributed by atoms with van der Waals surface area (Å²) in [6, 6.07) is 3.29. The first-order chi connectivity index (χ1) is 8.10. The van der Waals surface area contributed by atoms with Gasteiger partial charge in [0.1, 0.15) is 4.21 Å². The van der Waals surface area contributed by atoms with Crippen molar-refractivity contribution in [2.45, 2.75) is 4.21 Å². The highest BCUT2D eigenvalue weighted by Crippen LogP contribution is 2.14. The van der Waals surface area contributed by atoms with Gasteiger partial charge in [0.05, 0.1) is 0 Å². The Morgan fingerprint density at radius 2 is 2.24 bits per heavy atom. The van der Waals surface area contributed by atoms with Crippen LogP contribution in [0, 0.1) is 0 Å². The first kappa shape index (κ1) is 13.9. The summed E-state index contributed by atoms with van der Waals surface area (Å²) in [5, 5.41) is 7.52. The summed E-state index contributed by atoms with van der Waals surface area (Å²) in [5.41, 5.74) is 0. The van der Waals surface area contributed by atoms with Gasteiger partial charge in [0.2, 0.25) is 10.0 Å². The number of guanidine groups is 1. The van der Waals surface area contributed by atoms with Crippen molar-refractivity contribution in [2.24, 2.45) is 4.99 Å². The van der Waals surface area contributed by atoms with Crippen LogP contribution in [0.3, 0.4) is 0 Å². The van der Waals surface area contributed by atoms with E-state index < -0.39 is 10.0 Å². The molecule has 96 valence electrons. The van der Waals surface area contributed by atoms with Crippen LogP contribution in [0.5, 0.6) is 0 Å². The Kier molecular flexibility index (Phi) is 5.39. The van der Waals surface area contributed by atoms with Crippen LogP contribution in [-0.4, -0.2) is 41.6 Å². The lowest BCUT2D eigenvalue weighted by molar-refractivity contribution is 0.583. The summed E-state index contributed by atoms with van der Waals surface area (Å²) in [6.07, 6.45) is 0. The average Bonchev–Trinajstić information content (AvgIpc) is 2.83. The van der Waals surface area contributed by atoms with Gasteiger partial charge in [-0.1, -0.05) is 6.07 Å². The summed E-state index contributed by atoms with van der Waals surface area (Å²) in [4.78, 5) is 3.91. The Morgan fingerprint density at radius 3 is 2.76 bits per heavy atom. The van der Waals surface area contributed by atoms with E-state index >= 15 is 0 Å². The fourth-order valence-electron chi connectivity index (χ4n) is 1.13. The summed E-state index contributed by atoms with van der Waals surface area (Å²) < 4.78 is 26.2. The highest BCUT2D eigenvalue weighted by molar-refractivity contribution is 7.91. The molecule has 0 unspecified atom stereocenters. The van der Waals surface area contributed by atoms with E-state index in [9.17, 15) is 8.42 Å². The molecule has 3 N–H and O–H groups in total. The zero-order chi connectivity index (χ0) is 12.7. The minimum atomic E-state index is -3.36. The minimum absolute atomic E-state index is 0.306. The van der Waals surface area contributed by atoms with Gasteiger partial charge in [-0.15, -0.1) is 11.3 Å². The number of sulfonamides is 1. The Balaban J connectivity index is 2.37. The van der Waals surface area contributed by atoms with E-state index in [1.165, 1.54) is 11.3 Å². The van der Waals surface area contributed by atoms with Gasteiger partial charge >= 0.3 is 0 Å². The van der Waals surface area contributed by atoms with Gasteiger partial charge in [-0.3, -0.25) is 4.99 Å². The fraction of sp³-hybridized carbons (Fsp3) is 0.444. The lowest BCUT2D eigenvalue weighted by atomic mass is 10.6. The number of aliphatic imine (C=N–C) groups is 1. The maximum atomic E-state index is 11.7. The van der Waals surface area contributed by atoms with Crippen LogP contribution >= 0.6 is 11.3 Å². The Labute approximate surface area is 105 Å². The van der Waals surface area contributed by atoms with Crippen LogP contribution in [0.2, 0.25) is 0 Å². The third-order valence-corrected chi connectivity index (χ3v) is 4.79. The van der Waals surface area contributed by atoms with Crippen molar-refractivity contribution < 1.29 is 8.42 Å². The normalized spacial score (nSPS) is 12.5. The van der Waals surface area contributed by atoms with Gasteiger partial charge in [-0.05, 0) is 11.4 Å². The highest BCUT2D eigenvalue weighted by Gasteiger charge is 2.13. The lowest BCUT2D eigenvalue weighted by Crippen LogP contribution is -2.39. The molecule has 6 nitrogen and oxygen atoms in total. The van der Waals surface area contributed by atoms with E-state index in [1.807, 2.05) is 0 Å². The number of nitrogens with one attached hydrogen (secondary N) is 3. The Hall–Kier alpha value is -1.12. The van der Waals surface area contributed by atoms with Gasteiger partial charge in [0.25, 0.3) is 0 Å². The third-order valence-electron chi connectivity index (χ3n) is 1.93. The second-order valence-electron chi connectivity index (χ2n) is 3.08. The Morgan fingerprint density at radius 1 is 1.47 bits per heavy atom. The molecule has 0 saturated carbocycles. The van der Waals surface area contributed by atoms with Crippen molar-refractivity contribution >= 4 is 27.3 Å². The first-order valence-corrected chi connectivity index (χ1v) is 7.38. The molecule has 1 aromatic heterocycles. The smallest absolute Gasteiger partial charge is 0.250 e. The molecule has 0 bridgehead atoms. The molecule has 0 atom stereocenters. The molecule has 0 aromatic carbocycles. The van der Waals surface area contributed by atoms with Gasteiger partial charge in [-0.25, -0.2) is 13.1 Å². The van der Waals surface area contributed by atoms with Crippen molar-refractivity contribution in [1.29, 1.82) is 0 Å². The molecule has 8 heteroatoms. The molecule has 0 aliphatic carbocycles. The van der Waals surface area contributed by atoms with Crippen molar-refractivity contribution in [1.82, 2.24) is 15.4 Å². The average molecular weight is 276 g/mol. The topological polar surface area (TPSA) is 82.6 Å². The molecule has 0 fully saturated rings. The van der Waals surface area contributed by atoms with Crippen molar-refractivity contribution in [3.8, 4) is 0 Å². The molecule has 0 spiro atoms. The molecule has 0 amide bonds. The van der Waals surface area contributed by atoms with Gasteiger partial charge < -0.3 is 10.6 Å². The predicted molar refractivity (Wildman–Crippen MR) is 69.9 cm³/mol. The largest absolute Gasteiger partial charge is 0.359 e. The van der Waals surface area contributed by atoms with E-state index in [4.69, 9.17) is 0 Å². The number of hydrogen-bond donors (Lipinski definition) is 3. The van der Waals surface area contributed by atoms with Crippen LogP contribution in [0.4, 0.5) is 0 Å². The second kappa shape index (κ2) is 6.58. The predicted octanol–water partition coefficient (Wildman–Crippen LogP) is -0.179. The summed E-state index contributed by atoms with van der Waals surface area (Å²) in [6.45, 7) is 0.777. The van der Waals surface area contributed by atoms with Gasteiger partial charge in [0.15, 0.2) is 5.96 Å². The van der Waals surface area contributed by atoms with E-state index in [-0.39, 0.29) is 0 Å². The van der Waals surface area contributed by atoms with E-state index in [0.29, 0.717) is 23.3 Å². The zero-order valence-electron chi connectivity index (χ0n) is 9.73. The summed E-state index contributed by atoms with van der Waals surface area (Å²) >= 11 is 1.20. The first-order valence-electron chi connectivity index (χ1n) is 5.01. The molecule has 0 radical (unpaired) electrons. The zero-order valence-corrected chi connectivity index (χ0v) is 11.4. The van der Waals surface area contributed by atoms with Crippen LogP contribution in [0.1, 0.15) is 0 Å². The highest BCUT2D eigenvalue weighted by atomic mass is 32.2. The number of hydrogen-bond acceptors (Lipinski definition) is 4. The van der Waals surface area contributed by atoms with Gasteiger partial charge in [0, 0.05) is 27.2 Å². The SMILES string of the molecule is CN=C(NC)NCCNS(=O)(=O)c1cccs1. The van der Waals surface area contributed by atoms with Crippen molar-refractivity contribution in [3.05, 3.63) is 17.5 Å². The summed E-state index contributed by atoms with van der Waals surface area (Å²) in [7, 11) is 0.0286. The lowest BCUT2D eigenvalue weighted by Gasteiger charge is -2.08. The number of thiophene rings is 1. The van der Waals surface area contributed by atoms with E-state index in [0.717, 1.165) is 0 Å². The fourth-order valence-corrected chi connectivity index (χ4v) is 3.20. The summed E-state index contributed by atoms with van der Waals surface area (Å²) in [5.74, 6) is 0.625. The Bertz CT molecular complexity index is 453. The van der Waals surface area contributed by atoms with Crippen LogP contribution in [0.15, 0.2) is 26.7 Å². The molecular weight excluding hydrogens is 260 g/mol. The maximum Gasteiger partial charge on any atom is 0.250 e. The molecular formula is C9H16N4O2S2. The van der Waals surface area contributed by atoms with Crippen molar-refractivity contribution in [3.63, 3.8) is 0 Å². The minimum Gasteiger partial charge on any atom is -0.359 e. The van der Waals surface area contributed by atoms with Crippen molar-refractivity contribution in [2.75, 3.05) is 27.2 Å². The number of nitrogens with zero attached hydrogens (tertiary/aromatic N) is 1. The second-order valence-corrected chi connectivity index (χ2v) is 6.02. The quantitative estimate of drug-likeness (QED) is 0.396. The van der Waals surface area contributed by atoms with E-state index in [1.54, 1.807) is 31.6 Å². The molecule has 1 aromatic rings. The van der Waals surface area contributed by atoms with Crippen LogP contribution < -0.4 is 15.4 Å². The standard InChI is InChI=1S/C9H16N4O2S2/c1-10-9(11-2)12-5-6-13-17(14,15)8-4-3-7-16-8/h3-4,7,13H,5-6H2,1-2H3,(H2,10,11,12). The third kappa shape index (κ3) is 4.33. The van der Waals surface area contributed by atoms with Crippen LogP contribution in [-0.2, 0) is 10.0 Å². The number of rotatable bonds is 5. The molecule has 0 saturated heterocycles. The van der Waals surface area contributed by atoms with Gasteiger partial charge in [-0.2, -0.15) is 0 Å². The molecule has 0 aliphatic rings.